The van der Waals surface area contributed by atoms with Crippen LogP contribution in [0.2, 0.25) is 0 Å². The number of carboxylic acids is 1. The second kappa shape index (κ2) is 35.8. The molecule has 8 nitrogen and oxygen atoms in total. The van der Waals surface area contributed by atoms with Gasteiger partial charge in [0, 0.05) is 19.3 Å². The molecule has 0 bridgehead atoms. The number of ether oxygens (including phenoxy) is 3. The summed E-state index contributed by atoms with van der Waals surface area (Å²) >= 11 is 0. The van der Waals surface area contributed by atoms with Crippen molar-refractivity contribution in [3.63, 3.8) is 0 Å². The maximum atomic E-state index is 12.7. The molecule has 0 amide bonds. The Hall–Kier alpha value is -2.19. The molecule has 0 aliphatic heterocycles. The number of hydrogen-bond acceptors (Lipinski definition) is 7. The molecule has 0 N–H and O–H groups in total. The molecule has 2 atom stereocenters. The van der Waals surface area contributed by atoms with Gasteiger partial charge >= 0.3 is 11.9 Å². The van der Waals surface area contributed by atoms with Gasteiger partial charge in [-0.25, -0.2) is 0 Å². The van der Waals surface area contributed by atoms with Crippen LogP contribution in [0.15, 0.2) is 24.3 Å². The largest absolute Gasteiger partial charge is 0.544 e. The Balaban J connectivity index is 4.28. The van der Waals surface area contributed by atoms with E-state index in [1.807, 2.05) is 0 Å². The monoisotopic (exact) mass is 736 g/mol. The van der Waals surface area contributed by atoms with Crippen molar-refractivity contribution >= 4 is 17.9 Å². The maximum Gasteiger partial charge on any atom is 0.306 e. The van der Waals surface area contributed by atoms with Gasteiger partial charge in [-0.15, -0.1) is 0 Å². The van der Waals surface area contributed by atoms with Gasteiger partial charge in [0.15, 0.2) is 6.10 Å². The molecule has 0 aliphatic rings. The number of aliphatic carboxylic acids is 1. The molecular formula is C44H81NO7. The van der Waals surface area contributed by atoms with Gasteiger partial charge in [-0.1, -0.05) is 154 Å². The Morgan fingerprint density at radius 1 is 0.577 bits per heavy atom. The molecule has 0 aromatic carbocycles. The van der Waals surface area contributed by atoms with Crippen LogP contribution in [0, 0.1) is 0 Å². The lowest BCUT2D eigenvalue weighted by Gasteiger charge is -2.34. The zero-order chi connectivity index (χ0) is 38.5. The zero-order valence-electron chi connectivity index (χ0n) is 34.5. The number of likely N-dealkylation sites (N-methyl/N-ethyl adjacent to an activating group) is 1. The number of unbranched alkanes of at least 4 members (excludes halogenated alkanes) is 21. The van der Waals surface area contributed by atoms with E-state index in [9.17, 15) is 19.5 Å². The number of carboxylic acid groups (broad SMARTS) is 1. The lowest BCUT2D eigenvalue weighted by atomic mass is 10.1. The molecule has 0 aromatic heterocycles. The first-order chi connectivity index (χ1) is 25.1. The van der Waals surface area contributed by atoms with Gasteiger partial charge in [0.05, 0.1) is 40.3 Å². The number of quaternary nitrogens is 1. The van der Waals surface area contributed by atoms with Gasteiger partial charge < -0.3 is 28.6 Å². The molecule has 0 radical (unpaired) electrons. The molecule has 0 saturated carbocycles. The van der Waals surface area contributed by atoms with Gasteiger partial charge in [-0.2, -0.15) is 0 Å². The molecule has 0 spiro atoms. The van der Waals surface area contributed by atoms with E-state index in [0.717, 1.165) is 38.5 Å². The fourth-order valence-corrected chi connectivity index (χ4v) is 6.24. The van der Waals surface area contributed by atoms with Crippen molar-refractivity contribution in [2.24, 2.45) is 0 Å². The lowest BCUT2D eigenvalue weighted by Crippen LogP contribution is -2.55. The van der Waals surface area contributed by atoms with Gasteiger partial charge in [0.2, 0.25) is 0 Å². The normalized spacial score (nSPS) is 13.2. The minimum Gasteiger partial charge on any atom is -0.544 e. The standard InChI is InChI=1S/C44H81NO7/c1-6-8-10-12-14-16-17-18-19-20-21-22-23-24-25-27-29-31-33-35-43(47)52-40(38-50-37-36-41(44(48)49)45(3,4)5)39-51-42(46)34-32-30-28-26-15-13-11-9-7-2/h14,16-18,40-41H,6-13,15,19-39H2,1-5H3/b16-14+,18-17+. The summed E-state index contributed by atoms with van der Waals surface area (Å²) in [6.45, 7) is 4.62. The van der Waals surface area contributed by atoms with Gasteiger partial charge in [-0.05, 0) is 38.5 Å². The van der Waals surface area contributed by atoms with E-state index >= 15 is 0 Å². The van der Waals surface area contributed by atoms with Crippen LogP contribution in [0.1, 0.15) is 187 Å². The molecule has 52 heavy (non-hydrogen) atoms. The molecule has 8 heteroatoms. The van der Waals surface area contributed by atoms with Crippen molar-refractivity contribution in [2.45, 2.75) is 199 Å². The third kappa shape index (κ3) is 33.6. The maximum absolute atomic E-state index is 12.7. The summed E-state index contributed by atoms with van der Waals surface area (Å²) in [7, 11) is 5.40. The van der Waals surface area contributed by atoms with Crippen molar-refractivity contribution in [2.75, 3.05) is 41.0 Å². The summed E-state index contributed by atoms with van der Waals surface area (Å²) in [5.41, 5.74) is 0. The van der Waals surface area contributed by atoms with Crippen LogP contribution in [0.3, 0.4) is 0 Å². The summed E-state index contributed by atoms with van der Waals surface area (Å²) in [5.74, 6) is -1.74. The molecule has 0 aromatic rings. The number of nitrogens with zero attached hydrogens (tertiary/aromatic N) is 1. The Bertz CT molecular complexity index is 911. The average Bonchev–Trinajstić information content (AvgIpc) is 3.09. The van der Waals surface area contributed by atoms with E-state index in [-0.39, 0.29) is 42.7 Å². The molecule has 0 rings (SSSR count). The highest BCUT2D eigenvalue weighted by atomic mass is 16.6. The predicted molar refractivity (Wildman–Crippen MR) is 213 cm³/mol. The number of hydrogen-bond donors (Lipinski definition) is 0. The SMILES string of the molecule is CCCCC/C=C/C=C/CCCCCCCCCCCCC(=O)OC(COCCC(C(=O)[O-])[N+](C)(C)C)COC(=O)CCCCCCCCCCC. The van der Waals surface area contributed by atoms with Crippen LogP contribution in [-0.2, 0) is 28.6 Å². The van der Waals surface area contributed by atoms with E-state index in [0.29, 0.717) is 12.8 Å². The number of carbonyl (C=O) groups is 3. The molecule has 0 fully saturated rings. The summed E-state index contributed by atoms with van der Waals surface area (Å²) < 4.78 is 17.1. The van der Waals surface area contributed by atoms with E-state index < -0.39 is 18.1 Å². The minimum atomic E-state index is -1.12. The Morgan fingerprint density at radius 3 is 1.48 bits per heavy atom. The Morgan fingerprint density at radius 2 is 1.00 bits per heavy atom. The highest BCUT2D eigenvalue weighted by Crippen LogP contribution is 2.14. The molecule has 0 saturated heterocycles. The summed E-state index contributed by atoms with van der Waals surface area (Å²) in [5, 5.41) is 11.6. The molecule has 304 valence electrons. The van der Waals surface area contributed by atoms with E-state index in [1.165, 1.54) is 116 Å². The van der Waals surface area contributed by atoms with Gasteiger partial charge in [-0.3, -0.25) is 9.59 Å². The summed E-state index contributed by atoms with van der Waals surface area (Å²) in [4.78, 5) is 36.7. The molecule has 0 aliphatic carbocycles. The quantitative estimate of drug-likeness (QED) is 0.0269. The molecule has 0 heterocycles. The third-order valence-corrected chi connectivity index (χ3v) is 9.62. The van der Waals surface area contributed by atoms with E-state index in [4.69, 9.17) is 14.2 Å². The zero-order valence-corrected chi connectivity index (χ0v) is 34.5. The number of esters is 2. The van der Waals surface area contributed by atoms with Crippen LogP contribution in [-0.4, -0.2) is 75.5 Å². The fraction of sp³-hybridized carbons (Fsp3) is 0.841. The Labute approximate surface area is 320 Å². The van der Waals surface area contributed by atoms with Crippen molar-refractivity contribution in [3.8, 4) is 0 Å². The first kappa shape index (κ1) is 49.8. The van der Waals surface area contributed by atoms with E-state index in [1.54, 1.807) is 21.1 Å². The fourth-order valence-electron chi connectivity index (χ4n) is 6.24. The van der Waals surface area contributed by atoms with Crippen LogP contribution >= 0.6 is 0 Å². The topological polar surface area (TPSA) is 102 Å². The van der Waals surface area contributed by atoms with Crippen molar-refractivity contribution in [3.05, 3.63) is 24.3 Å². The van der Waals surface area contributed by atoms with Gasteiger partial charge in [0.25, 0.3) is 0 Å². The summed E-state index contributed by atoms with van der Waals surface area (Å²) in [6.07, 6.45) is 37.7. The van der Waals surface area contributed by atoms with Crippen LogP contribution < -0.4 is 5.11 Å². The first-order valence-electron chi connectivity index (χ1n) is 21.4. The van der Waals surface area contributed by atoms with Crippen LogP contribution in [0.5, 0.6) is 0 Å². The van der Waals surface area contributed by atoms with Crippen molar-refractivity contribution in [1.29, 1.82) is 0 Å². The lowest BCUT2D eigenvalue weighted by molar-refractivity contribution is -0.889. The first-order valence-corrected chi connectivity index (χ1v) is 21.4. The van der Waals surface area contributed by atoms with Crippen LogP contribution in [0.25, 0.3) is 0 Å². The smallest absolute Gasteiger partial charge is 0.306 e. The number of allylic oxidation sites excluding steroid dienone is 4. The van der Waals surface area contributed by atoms with Gasteiger partial charge in [0.1, 0.15) is 12.6 Å². The second-order valence-electron chi connectivity index (χ2n) is 15.6. The number of carbonyl (C=O) groups excluding carboxylic acids is 3. The highest BCUT2D eigenvalue weighted by molar-refractivity contribution is 5.70. The summed E-state index contributed by atoms with van der Waals surface area (Å²) in [6, 6.07) is -0.722. The van der Waals surface area contributed by atoms with Crippen molar-refractivity contribution < 1.29 is 38.2 Å². The second-order valence-corrected chi connectivity index (χ2v) is 15.6. The number of rotatable bonds is 38. The van der Waals surface area contributed by atoms with E-state index in [2.05, 4.69) is 38.2 Å². The highest BCUT2D eigenvalue weighted by Gasteiger charge is 2.25. The average molecular weight is 736 g/mol. The van der Waals surface area contributed by atoms with Crippen LogP contribution in [0.4, 0.5) is 0 Å². The third-order valence-electron chi connectivity index (χ3n) is 9.62. The minimum absolute atomic E-state index is 0.0429. The Kier molecular flexibility index (Phi) is 34.3. The molecule has 2 unspecified atom stereocenters. The predicted octanol–water partition coefficient (Wildman–Crippen LogP) is 9.97. The molecular weight excluding hydrogens is 654 g/mol. The van der Waals surface area contributed by atoms with Crippen molar-refractivity contribution in [1.82, 2.24) is 0 Å².